The minimum Gasteiger partial charge on any atom is -0.506 e. The summed E-state index contributed by atoms with van der Waals surface area (Å²) in [5.41, 5.74) is 6.77. The molecule has 1 atom stereocenters. The van der Waals surface area contributed by atoms with E-state index in [-0.39, 0.29) is 18.4 Å². The van der Waals surface area contributed by atoms with E-state index in [9.17, 15) is 5.11 Å². The summed E-state index contributed by atoms with van der Waals surface area (Å²) in [6.45, 7) is 1.93. The van der Waals surface area contributed by atoms with Crippen LogP contribution in [0.5, 0.6) is 5.75 Å². The normalized spacial score (nSPS) is 12.0. The van der Waals surface area contributed by atoms with Gasteiger partial charge in [-0.25, -0.2) is 0 Å². The number of rotatable bonds is 1. The summed E-state index contributed by atoms with van der Waals surface area (Å²) >= 11 is 4.20. The first-order valence-electron chi connectivity index (χ1n) is 3.46. The second kappa shape index (κ2) is 5.57. The van der Waals surface area contributed by atoms with Crippen molar-refractivity contribution in [3.8, 4) is 5.75 Å². The Bertz CT molecular complexity index is 281. The third kappa shape index (κ3) is 3.41. The monoisotopic (exact) mass is 425 g/mol. The van der Waals surface area contributed by atoms with Crippen molar-refractivity contribution in [1.29, 1.82) is 0 Å². The number of nitrogens with two attached hydrogens (primary N) is 1. The second-order valence-corrected chi connectivity index (χ2v) is 4.95. The Balaban J connectivity index is 0.00000144. The van der Waals surface area contributed by atoms with Gasteiger partial charge in [0.25, 0.3) is 0 Å². The first kappa shape index (κ1) is 13.7. The molecular weight excluding hydrogens is 415 g/mol. The van der Waals surface area contributed by atoms with Crippen LogP contribution in [0.3, 0.4) is 0 Å². The van der Waals surface area contributed by atoms with Crippen molar-refractivity contribution in [2.45, 2.75) is 13.0 Å². The van der Waals surface area contributed by atoms with E-state index in [1.54, 1.807) is 0 Å². The van der Waals surface area contributed by atoms with Gasteiger partial charge >= 0.3 is 0 Å². The first-order chi connectivity index (χ1) is 5.52. The Morgan fingerprint density at radius 3 is 2.00 bits per heavy atom. The third-order valence-corrected chi connectivity index (χ3v) is 3.21. The third-order valence-electron chi connectivity index (χ3n) is 1.57. The van der Waals surface area contributed by atoms with Crippen molar-refractivity contribution >= 4 is 57.6 Å². The van der Waals surface area contributed by atoms with Crippen LogP contribution in [-0.4, -0.2) is 5.11 Å². The van der Waals surface area contributed by atoms with Crippen molar-refractivity contribution < 1.29 is 5.11 Å². The highest BCUT2D eigenvalue weighted by Crippen LogP contribution is 2.28. The summed E-state index contributed by atoms with van der Waals surface area (Å²) in [5, 5.41) is 9.46. The average Bonchev–Trinajstić information content (AvgIpc) is 1.99. The minimum absolute atomic E-state index is 0. The van der Waals surface area contributed by atoms with Gasteiger partial charge in [0.15, 0.2) is 0 Å². The standard InChI is InChI=1S/C8H9I2NO.ClH/c1-4(11)5-2-6(9)8(12)7(10)3-5;/h2-4,12H,11H2,1H3;1H/t4-;/m0./s1. The number of aromatic hydroxyl groups is 1. The van der Waals surface area contributed by atoms with Gasteiger partial charge in [-0.15, -0.1) is 12.4 Å². The molecule has 3 N–H and O–H groups in total. The van der Waals surface area contributed by atoms with E-state index in [2.05, 4.69) is 45.2 Å². The van der Waals surface area contributed by atoms with E-state index < -0.39 is 0 Å². The molecule has 1 rings (SSSR count). The van der Waals surface area contributed by atoms with Crippen LogP contribution in [0.4, 0.5) is 0 Å². The van der Waals surface area contributed by atoms with E-state index in [1.165, 1.54) is 0 Å². The molecule has 2 nitrogen and oxygen atoms in total. The molecule has 5 heteroatoms. The summed E-state index contributed by atoms with van der Waals surface area (Å²) in [4.78, 5) is 0. The van der Waals surface area contributed by atoms with Gasteiger partial charge in [-0.1, -0.05) is 0 Å². The van der Waals surface area contributed by atoms with Crippen molar-refractivity contribution in [1.82, 2.24) is 0 Å². The zero-order chi connectivity index (χ0) is 9.30. The molecule has 0 aliphatic heterocycles. The van der Waals surface area contributed by atoms with Crippen LogP contribution in [0, 0.1) is 7.14 Å². The fraction of sp³-hybridized carbons (Fsp3) is 0.250. The quantitative estimate of drug-likeness (QED) is 0.680. The van der Waals surface area contributed by atoms with E-state index in [0.717, 1.165) is 12.7 Å². The molecule has 1 aromatic carbocycles. The second-order valence-electron chi connectivity index (χ2n) is 2.62. The molecule has 0 saturated heterocycles. The highest BCUT2D eigenvalue weighted by molar-refractivity contribution is 14.1. The molecule has 0 spiro atoms. The lowest BCUT2D eigenvalue weighted by molar-refractivity contribution is 0.467. The van der Waals surface area contributed by atoms with E-state index >= 15 is 0 Å². The molecule has 0 amide bonds. The van der Waals surface area contributed by atoms with Gasteiger partial charge in [0.05, 0.1) is 7.14 Å². The number of hydrogen-bond acceptors (Lipinski definition) is 2. The van der Waals surface area contributed by atoms with Crippen LogP contribution in [0.25, 0.3) is 0 Å². The van der Waals surface area contributed by atoms with Crippen molar-refractivity contribution in [2.75, 3.05) is 0 Å². The Morgan fingerprint density at radius 1 is 1.31 bits per heavy atom. The summed E-state index contributed by atoms with van der Waals surface area (Å²) in [6, 6.07) is 3.83. The lowest BCUT2D eigenvalue weighted by atomic mass is 10.1. The maximum Gasteiger partial charge on any atom is 0.142 e. The van der Waals surface area contributed by atoms with Gasteiger partial charge in [-0.3, -0.25) is 0 Å². The van der Waals surface area contributed by atoms with Crippen molar-refractivity contribution in [3.63, 3.8) is 0 Å². The maximum absolute atomic E-state index is 9.46. The molecule has 0 heterocycles. The van der Waals surface area contributed by atoms with Crippen LogP contribution in [0.1, 0.15) is 18.5 Å². The highest BCUT2D eigenvalue weighted by Gasteiger charge is 2.07. The van der Waals surface area contributed by atoms with Crippen LogP contribution in [-0.2, 0) is 0 Å². The van der Waals surface area contributed by atoms with Crippen LogP contribution < -0.4 is 5.73 Å². The summed E-state index contributed by atoms with van der Waals surface area (Å²) in [5.74, 6) is 0.348. The van der Waals surface area contributed by atoms with Crippen LogP contribution >= 0.6 is 57.6 Å². The Morgan fingerprint density at radius 2 is 1.69 bits per heavy atom. The van der Waals surface area contributed by atoms with Crippen molar-refractivity contribution in [3.05, 3.63) is 24.8 Å². The van der Waals surface area contributed by atoms with Gasteiger partial charge in [-0.2, -0.15) is 0 Å². The zero-order valence-corrected chi connectivity index (χ0v) is 12.1. The molecular formula is C8H10ClI2NO. The van der Waals surface area contributed by atoms with Crippen LogP contribution in [0.15, 0.2) is 12.1 Å². The molecule has 0 aromatic heterocycles. The largest absolute Gasteiger partial charge is 0.506 e. The van der Waals surface area contributed by atoms with Gasteiger partial charge < -0.3 is 10.8 Å². The minimum atomic E-state index is 0. The molecule has 0 aliphatic rings. The van der Waals surface area contributed by atoms with Gasteiger partial charge in [0.2, 0.25) is 0 Å². The Hall–Kier alpha value is 0.730. The predicted octanol–water partition coefficient (Wildman–Crippen LogP) is 3.04. The van der Waals surface area contributed by atoms with Gasteiger partial charge in [0.1, 0.15) is 5.75 Å². The Labute approximate surface area is 111 Å². The SMILES string of the molecule is C[C@H](N)c1cc(I)c(O)c(I)c1.Cl. The molecule has 0 unspecified atom stereocenters. The fourth-order valence-electron chi connectivity index (χ4n) is 0.848. The molecule has 0 aliphatic carbocycles. The number of halogens is 3. The molecule has 0 bridgehead atoms. The summed E-state index contributed by atoms with van der Waals surface area (Å²) in [7, 11) is 0. The molecule has 0 saturated carbocycles. The Kier molecular flexibility index (Phi) is 5.88. The summed E-state index contributed by atoms with van der Waals surface area (Å²) in [6.07, 6.45) is 0. The lowest BCUT2D eigenvalue weighted by Crippen LogP contribution is -2.05. The molecule has 74 valence electrons. The molecule has 13 heavy (non-hydrogen) atoms. The number of hydrogen-bond donors (Lipinski definition) is 2. The van der Waals surface area contributed by atoms with E-state index in [4.69, 9.17) is 5.73 Å². The van der Waals surface area contributed by atoms with Crippen molar-refractivity contribution in [2.24, 2.45) is 5.73 Å². The molecule has 1 aromatic rings. The molecule has 0 radical (unpaired) electrons. The maximum atomic E-state index is 9.46. The summed E-state index contributed by atoms with van der Waals surface area (Å²) < 4.78 is 1.71. The predicted molar refractivity (Wildman–Crippen MR) is 73.4 cm³/mol. The van der Waals surface area contributed by atoms with Crippen LogP contribution in [0.2, 0.25) is 0 Å². The smallest absolute Gasteiger partial charge is 0.142 e. The lowest BCUT2D eigenvalue weighted by Gasteiger charge is -2.08. The number of phenols is 1. The van der Waals surface area contributed by atoms with Gasteiger partial charge in [0, 0.05) is 6.04 Å². The first-order valence-corrected chi connectivity index (χ1v) is 5.61. The number of phenolic OH excluding ortho intramolecular Hbond substituents is 1. The average molecular weight is 425 g/mol. The number of benzene rings is 1. The fourth-order valence-corrected chi connectivity index (χ4v) is 2.66. The van der Waals surface area contributed by atoms with Gasteiger partial charge in [-0.05, 0) is 69.8 Å². The topological polar surface area (TPSA) is 46.2 Å². The highest BCUT2D eigenvalue weighted by atomic mass is 127. The van der Waals surface area contributed by atoms with E-state index in [0.29, 0.717) is 5.75 Å². The zero-order valence-electron chi connectivity index (χ0n) is 6.92. The molecule has 0 fully saturated rings. The van der Waals surface area contributed by atoms with E-state index in [1.807, 2.05) is 19.1 Å².